The summed E-state index contributed by atoms with van der Waals surface area (Å²) in [6, 6.07) is 8.81. The number of hydrogen-bond donors (Lipinski definition) is 0. The number of fused-ring (bicyclic) bond motifs is 1. The first-order valence-corrected chi connectivity index (χ1v) is 6.70. The van der Waals surface area contributed by atoms with E-state index in [2.05, 4.69) is 4.98 Å². The van der Waals surface area contributed by atoms with Crippen LogP contribution in [0.2, 0.25) is 5.02 Å². The first-order chi connectivity index (χ1) is 9.61. The van der Waals surface area contributed by atoms with Crippen molar-refractivity contribution in [1.82, 2.24) is 9.55 Å². The second kappa shape index (κ2) is 5.04. The van der Waals surface area contributed by atoms with E-state index < -0.39 is 11.6 Å². The topological polar surface area (TPSA) is 17.8 Å². The second-order valence-corrected chi connectivity index (χ2v) is 4.88. The smallest absolute Gasteiger partial charge is 0.147 e. The molecular formula is C14H8Cl2F2N2. The van der Waals surface area contributed by atoms with E-state index in [1.165, 1.54) is 22.8 Å². The number of rotatable bonds is 2. The molecule has 0 spiro atoms. The average molecular weight is 313 g/mol. The Morgan fingerprint density at radius 3 is 2.55 bits per heavy atom. The molecule has 2 nitrogen and oxygen atoms in total. The van der Waals surface area contributed by atoms with E-state index in [0.717, 1.165) is 0 Å². The molecule has 0 saturated heterocycles. The highest BCUT2D eigenvalue weighted by Crippen LogP contribution is 2.28. The maximum absolute atomic E-state index is 14.0. The van der Waals surface area contributed by atoms with Gasteiger partial charge in [-0.3, -0.25) is 4.57 Å². The van der Waals surface area contributed by atoms with Crippen molar-refractivity contribution >= 4 is 34.2 Å². The van der Waals surface area contributed by atoms with Gasteiger partial charge in [-0.25, -0.2) is 13.8 Å². The molecule has 0 bridgehead atoms. The Balaban J connectivity index is 2.39. The zero-order valence-corrected chi connectivity index (χ0v) is 11.6. The maximum atomic E-state index is 14.0. The molecule has 0 aliphatic carbocycles. The Bertz CT molecular complexity index is 799. The van der Waals surface area contributed by atoms with E-state index in [-0.39, 0.29) is 16.6 Å². The summed E-state index contributed by atoms with van der Waals surface area (Å²) in [5.41, 5.74) is 1.16. The summed E-state index contributed by atoms with van der Waals surface area (Å²) in [5.74, 6) is -0.526. The highest BCUT2D eigenvalue weighted by Gasteiger charge is 2.16. The summed E-state index contributed by atoms with van der Waals surface area (Å²) in [6.45, 7) is 0. The van der Waals surface area contributed by atoms with Crippen molar-refractivity contribution in [3.8, 4) is 5.69 Å². The van der Waals surface area contributed by atoms with E-state index in [9.17, 15) is 8.78 Å². The first kappa shape index (κ1) is 13.3. The van der Waals surface area contributed by atoms with Gasteiger partial charge in [-0.1, -0.05) is 23.7 Å². The summed E-state index contributed by atoms with van der Waals surface area (Å²) in [4.78, 5) is 4.26. The standard InChI is InChI=1S/C14H8Cl2F2N2/c15-7-14-19-11-5-8(16)10(18)6-13(11)20(14)12-4-2-1-3-9(12)17/h1-6H,7H2. The molecule has 0 amide bonds. The molecule has 102 valence electrons. The van der Waals surface area contributed by atoms with Gasteiger partial charge < -0.3 is 0 Å². The van der Waals surface area contributed by atoms with Crippen LogP contribution in [0.25, 0.3) is 16.7 Å². The number of alkyl halides is 1. The number of halogens is 4. The molecule has 20 heavy (non-hydrogen) atoms. The van der Waals surface area contributed by atoms with Crippen molar-refractivity contribution in [1.29, 1.82) is 0 Å². The highest BCUT2D eigenvalue weighted by atomic mass is 35.5. The Morgan fingerprint density at radius 2 is 1.85 bits per heavy atom. The molecule has 0 atom stereocenters. The predicted octanol–water partition coefficient (Wildman–Crippen LogP) is 4.70. The molecule has 1 heterocycles. The van der Waals surface area contributed by atoms with Gasteiger partial charge in [-0.15, -0.1) is 11.6 Å². The average Bonchev–Trinajstić information content (AvgIpc) is 2.77. The van der Waals surface area contributed by atoms with Gasteiger partial charge in [0.1, 0.15) is 17.5 Å². The minimum absolute atomic E-state index is 0.0307. The minimum atomic E-state index is -0.585. The monoisotopic (exact) mass is 312 g/mol. The molecule has 6 heteroatoms. The fourth-order valence-corrected chi connectivity index (χ4v) is 2.45. The van der Waals surface area contributed by atoms with Crippen LogP contribution in [0.3, 0.4) is 0 Å². The lowest BCUT2D eigenvalue weighted by atomic mass is 10.2. The lowest BCUT2D eigenvalue weighted by molar-refractivity contribution is 0.616. The van der Waals surface area contributed by atoms with Gasteiger partial charge in [0, 0.05) is 6.07 Å². The summed E-state index contributed by atoms with van der Waals surface area (Å²) < 4.78 is 29.1. The van der Waals surface area contributed by atoms with Crippen LogP contribution in [-0.4, -0.2) is 9.55 Å². The third-order valence-electron chi connectivity index (χ3n) is 2.98. The van der Waals surface area contributed by atoms with Crippen LogP contribution in [0, 0.1) is 11.6 Å². The van der Waals surface area contributed by atoms with E-state index in [4.69, 9.17) is 23.2 Å². The number of para-hydroxylation sites is 1. The van der Waals surface area contributed by atoms with Gasteiger partial charge in [0.15, 0.2) is 0 Å². The Labute approximate surface area is 123 Å². The molecule has 0 aliphatic heterocycles. The SMILES string of the molecule is Fc1cc2c(cc1Cl)nc(CCl)n2-c1ccccc1F. The van der Waals surface area contributed by atoms with Crippen molar-refractivity contribution in [2.45, 2.75) is 5.88 Å². The fourth-order valence-electron chi connectivity index (χ4n) is 2.11. The van der Waals surface area contributed by atoms with E-state index in [1.54, 1.807) is 18.2 Å². The zero-order chi connectivity index (χ0) is 14.3. The van der Waals surface area contributed by atoms with Crippen molar-refractivity contribution in [3.05, 3.63) is 58.9 Å². The van der Waals surface area contributed by atoms with Crippen molar-refractivity contribution in [2.24, 2.45) is 0 Å². The zero-order valence-electron chi connectivity index (χ0n) is 10.1. The summed E-state index contributed by atoms with van der Waals surface area (Å²) in [6.07, 6.45) is 0. The van der Waals surface area contributed by atoms with Crippen LogP contribution >= 0.6 is 23.2 Å². The van der Waals surface area contributed by atoms with Crippen LogP contribution in [0.5, 0.6) is 0 Å². The lowest BCUT2D eigenvalue weighted by Crippen LogP contribution is -2.02. The third-order valence-corrected chi connectivity index (χ3v) is 3.51. The van der Waals surface area contributed by atoms with Gasteiger partial charge in [-0.2, -0.15) is 0 Å². The van der Waals surface area contributed by atoms with Crippen LogP contribution in [0.4, 0.5) is 8.78 Å². The molecule has 0 N–H and O–H groups in total. The van der Waals surface area contributed by atoms with Crippen LogP contribution in [-0.2, 0) is 5.88 Å². The number of nitrogens with zero attached hydrogens (tertiary/aromatic N) is 2. The number of hydrogen-bond acceptors (Lipinski definition) is 1. The predicted molar refractivity (Wildman–Crippen MR) is 75.6 cm³/mol. The summed E-state index contributed by atoms with van der Waals surface area (Å²) >= 11 is 11.6. The summed E-state index contributed by atoms with van der Waals surface area (Å²) in [7, 11) is 0. The second-order valence-electron chi connectivity index (χ2n) is 4.20. The van der Waals surface area contributed by atoms with Gasteiger partial charge in [0.05, 0.1) is 27.6 Å². The number of benzene rings is 2. The van der Waals surface area contributed by atoms with Crippen LogP contribution < -0.4 is 0 Å². The Morgan fingerprint density at radius 1 is 1.10 bits per heavy atom. The molecule has 3 aromatic rings. The molecule has 0 fully saturated rings. The van der Waals surface area contributed by atoms with Crippen molar-refractivity contribution in [3.63, 3.8) is 0 Å². The van der Waals surface area contributed by atoms with Gasteiger partial charge in [-0.05, 0) is 18.2 Å². The lowest BCUT2D eigenvalue weighted by Gasteiger charge is -2.08. The molecular weight excluding hydrogens is 305 g/mol. The molecule has 3 rings (SSSR count). The molecule has 0 aliphatic rings. The van der Waals surface area contributed by atoms with Crippen molar-refractivity contribution in [2.75, 3.05) is 0 Å². The normalized spacial score (nSPS) is 11.2. The summed E-state index contributed by atoms with van der Waals surface area (Å²) in [5, 5.41) is -0.0307. The Hall–Kier alpha value is -1.65. The third kappa shape index (κ3) is 2.05. The van der Waals surface area contributed by atoms with E-state index in [1.807, 2.05) is 0 Å². The van der Waals surface area contributed by atoms with Gasteiger partial charge in [0.25, 0.3) is 0 Å². The molecule has 0 saturated carbocycles. The largest absolute Gasteiger partial charge is 0.292 e. The first-order valence-electron chi connectivity index (χ1n) is 5.79. The Kier molecular flexibility index (Phi) is 3.36. The number of imidazole rings is 1. The fraction of sp³-hybridized carbons (Fsp3) is 0.0714. The van der Waals surface area contributed by atoms with E-state index >= 15 is 0 Å². The highest BCUT2D eigenvalue weighted by molar-refractivity contribution is 6.31. The van der Waals surface area contributed by atoms with Crippen LogP contribution in [0.1, 0.15) is 5.82 Å². The maximum Gasteiger partial charge on any atom is 0.147 e. The van der Waals surface area contributed by atoms with E-state index in [0.29, 0.717) is 16.9 Å². The van der Waals surface area contributed by atoms with Crippen molar-refractivity contribution < 1.29 is 8.78 Å². The molecule has 1 aromatic heterocycles. The molecule has 2 aromatic carbocycles. The minimum Gasteiger partial charge on any atom is -0.292 e. The molecule has 0 radical (unpaired) electrons. The number of aromatic nitrogens is 2. The quantitative estimate of drug-likeness (QED) is 0.627. The van der Waals surface area contributed by atoms with Gasteiger partial charge in [0.2, 0.25) is 0 Å². The van der Waals surface area contributed by atoms with Crippen LogP contribution in [0.15, 0.2) is 36.4 Å². The van der Waals surface area contributed by atoms with Gasteiger partial charge >= 0.3 is 0 Å². The molecule has 0 unspecified atom stereocenters.